The van der Waals surface area contributed by atoms with Crippen molar-refractivity contribution in [3.63, 3.8) is 0 Å². The normalized spacial score (nSPS) is 30.1. The van der Waals surface area contributed by atoms with Gasteiger partial charge in [0, 0.05) is 5.54 Å². The van der Waals surface area contributed by atoms with Crippen LogP contribution in [0, 0.1) is 16.7 Å². The highest BCUT2D eigenvalue weighted by atomic mass is 14.7. The molecule has 0 radical (unpaired) electrons. The summed E-state index contributed by atoms with van der Waals surface area (Å²) in [5, 5.41) is 0. The maximum Gasteiger partial charge on any atom is 0.0102 e. The minimum atomic E-state index is -0.0421. The summed E-state index contributed by atoms with van der Waals surface area (Å²) in [5.41, 5.74) is 7.26. The van der Waals surface area contributed by atoms with E-state index in [1.54, 1.807) is 0 Å². The summed E-state index contributed by atoms with van der Waals surface area (Å²) >= 11 is 0. The molecule has 0 aromatic heterocycles. The summed E-state index contributed by atoms with van der Waals surface area (Å²) in [6, 6.07) is 0. The van der Waals surface area contributed by atoms with Gasteiger partial charge in [0.2, 0.25) is 0 Å². The topological polar surface area (TPSA) is 26.0 Å². The average molecular weight is 296 g/mol. The third kappa shape index (κ3) is 6.72. The Morgan fingerprint density at radius 1 is 0.952 bits per heavy atom. The second-order valence-corrected chi connectivity index (χ2v) is 9.51. The van der Waals surface area contributed by atoms with Crippen molar-refractivity contribution in [2.24, 2.45) is 22.5 Å². The standard InChI is InChI=1S/C20H41N/c1-7-20(6)14-10-8-12-17(13-9-11-15-20)18(2,3)16-19(4,5)21/h17H,7-16,21H2,1-6H3. The van der Waals surface area contributed by atoms with Crippen molar-refractivity contribution in [1.82, 2.24) is 0 Å². The molecule has 1 nitrogen and oxygen atoms in total. The Kier molecular flexibility index (Phi) is 6.78. The monoisotopic (exact) mass is 295 g/mol. The molecule has 1 aliphatic rings. The van der Waals surface area contributed by atoms with Crippen LogP contribution in [0.3, 0.4) is 0 Å². The van der Waals surface area contributed by atoms with E-state index in [0.717, 1.165) is 12.3 Å². The van der Waals surface area contributed by atoms with Gasteiger partial charge in [0.15, 0.2) is 0 Å². The molecule has 0 aromatic rings. The zero-order valence-corrected chi connectivity index (χ0v) is 15.7. The Bertz CT molecular complexity index is 285. The highest BCUT2D eigenvalue weighted by molar-refractivity contribution is 4.87. The minimum Gasteiger partial charge on any atom is -0.326 e. The minimum absolute atomic E-state index is 0.0421. The third-order valence-corrected chi connectivity index (χ3v) is 6.04. The second kappa shape index (κ2) is 7.49. The average Bonchev–Trinajstić information content (AvgIpc) is 2.34. The third-order valence-electron chi connectivity index (χ3n) is 6.04. The molecule has 0 amide bonds. The van der Waals surface area contributed by atoms with Crippen LogP contribution in [0.5, 0.6) is 0 Å². The van der Waals surface area contributed by atoms with E-state index in [-0.39, 0.29) is 5.54 Å². The van der Waals surface area contributed by atoms with Crippen molar-refractivity contribution in [1.29, 1.82) is 0 Å². The largest absolute Gasteiger partial charge is 0.326 e. The van der Waals surface area contributed by atoms with Crippen LogP contribution in [0.4, 0.5) is 0 Å². The Labute approximate surface area is 134 Å². The van der Waals surface area contributed by atoms with Gasteiger partial charge in [-0.25, -0.2) is 0 Å². The van der Waals surface area contributed by atoms with Crippen molar-refractivity contribution in [3.8, 4) is 0 Å². The molecule has 0 bridgehead atoms. The predicted molar refractivity (Wildman–Crippen MR) is 95.5 cm³/mol. The molecule has 0 unspecified atom stereocenters. The van der Waals surface area contributed by atoms with Gasteiger partial charge in [0.05, 0.1) is 0 Å². The van der Waals surface area contributed by atoms with E-state index in [1.165, 1.54) is 57.8 Å². The van der Waals surface area contributed by atoms with Crippen LogP contribution in [-0.4, -0.2) is 5.54 Å². The quantitative estimate of drug-likeness (QED) is 0.646. The molecule has 1 heteroatoms. The van der Waals surface area contributed by atoms with E-state index < -0.39 is 0 Å². The molecule has 1 fully saturated rings. The molecule has 0 atom stereocenters. The fourth-order valence-electron chi connectivity index (χ4n) is 4.61. The summed E-state index contributed by atoms with van der Waals surface area (Å²) in [5.74, 6) is 0.853. The predicted octanol–water partition coefficient (Wildman–Crippen LogP) is 6.31. The van der Waals surface area contributed by atoms with Gasteiger partial charge in [0.1, 0.15) is 0 Å². The molecule has 21 heavy (non-hydrogen) atoms. The first-order valence-corrected chi connectivity index (χ1v) is 9.37. The van der Waals surface area contributed by atoms with E-state index in [2.05, 4.69) is 41.5 Å². The maximum atomic E-state index is 6.31. The maximum absolute atomic E-state index is 6.31. The van der Waals surface area contributed by atoms with Crippen LogP contribution in [0.25, 0.3) is 0 Å². The van der Waals surface area contributed by atoms with Gasteiger partial charge < -0.3 is 5.73 Å². The van der Waals surface area contributed by atoms with Crippen LogP contribution in [0.15, 0.2) is 0 Å². The van der Waals surface area contributed by atoms with Gasteiger partial charge in [0.25, 0.3) is 0 Å². The van der Waals surface area contributed by atoms with Crippen molar-refractivity contribution >= 4 is 0 Å². The van der Waals surface area contributed by atoms with Gasteiger partial charge in [-0.05, 0) is 62.7 Å². The fourth-order valence-corrected chi connectivity index (χ4v) is 4.61. The van der Waals surface area contributed by atoms with Crippen LogP contribution >= 0.6 is 0 Å². The van der Waals surface area contributed by atoms with Crippen LogP contribution in [0.2, 0.25) is 0 Å². The molecule has 2 N–H and O–H groups in total. The summed E-state index contributed by atoms with van der Waals surface area (Å²) in [6.07, 6.45) is 13.8. The van der Waals surface area contributed by atoms with Gasteiger partial charge in [-0.15, -0.1) is 0 Å². The van der Waals surface area contributed by atoms with E-state index in [9.17, 15) is 0 Å². The first kappa shape index (κ1) is 19.0. The van der Waals surface area contributed by atoms with Crippen molar-refractivity contribution in [3.05, 3.63) is 0 Å². The van der Waals surface area contributed by atoms with Gasteiger partial charge >= 0.3 is 0 Å². The lowest BCUT2D eigenvalue weighted by atomic mass is 9.67. The molecule has 0 aromatic carbocycles. The summed E-state index contributed by atoms with van der Waals surface area (Å²) < 4.78 is 0. The lowest BCUT2D eigenvalue weighted by Gasteiger charge is -2.40. The summed E-state index contributed by atoms with van der Waals surface area (Å²) in [4.78, 5) is 0. The van der Waals surface area contributed by atoms with Crippen molar-refractivity contribution in [2.75, 3.05) is 0 Å². The smallest absolute Gasteiger partial charge is 0.0102 e. The van der Waals surface area contributed by atoms with Gasteiger partial charge in [-0.3, -0.25) is 0 Å². The van der Waals surface area contributed by atoms with E-state index in [1.807, 2.05) is 0 Å². The highest BCUT2D eigenvalue weighted by Gasteiger charge is 2.33. The molecule has 0 spiro atoms. The fraction of sp³-hybridized carbons (Fsp3) is 1.00. The number of nitrogens with two attached hydrogens (primary N) is 1. The zero-order chi connectivity index (χ0) is 16.1. The lowest BCUT2D eigenvalue weighted by molar-refractivity contribution is 0.124. The van der Waals surface area contributed by atoms with Gasteiger partial charge in [-0.1, -0.05) is 59.8 Å². The van der Waals surface area contributed by atoms with Gasteiger partial charge in [-0.2, -0.15) is 0 Å². The van der Waals surface area contributed by atoms with E-state index in [4.69, 9.17) is 5.73 Å². The lowest BCUT2D eigenvalue weighted by Crippen LogP contribution is -2.40. The first-order chi connectivity index (χ1) is 9.58. The zero-order valence-electron chi connectivity index (χ0n) is 15.7. The van der Waals surface area contributed by atoms with E-state index >= 15 is 0 Å². The van der Waals surface area contributed by atoms with Crippen molar-refractivity contribution < 1.29 is 0 Å². The second-order valence-electron chi connectivity index (χ2n) is 9.51. The first-order valence-electron chi connectivity index (χ1n) is 9.37. The molecule has 0 aliphatic heterocycles. The van der Waals surface area contributed by atoms with E-state index in [0.29, 0.717) is 10.8 Å². The molecule has 1 rings (SSSR count). The Morgan fingerprint density at radius 3 is 1.81 bits per heavy atom. The number of rotatable bonds is 4. The van der Waals surface area contributed by atoms with Crippen LogP contribution in [-0.2, 0) is 0 Å². The molecular weight excluding hydrogens is 254 g/mol. The molecule has 0 heterocycles. The summed E-state index contributed by atoms with van der Waals surface area (Å²) in [6.45, 7) is 14.2. The molecular formula is C20H41N. The Morgan fingerprint density at radius 2 is 1.43 bits per heavy atom. The highest BCUT2D eigenvalue weighted by Crippen LogP contribution is 2.43. The Hall–Kier alpha value is -0.0400. The molecule has 126 valence electrons. The Balaban J connectivity index is 2.63. The molecule has 1 aliphatic carbocycles. The molecule has 1 saturated carbocycles. The number of hydrogen-bond donors (Lipinski definition) is 1. The summed E-state index contributed by atoms with van der Waals surface area (Å²) in [7, 11) is 0. The SMILES string of the molecule is CCC1(C)CCCCC(C(C)(C)CC(C)(C)N)CCCC1. The van der Waals surface area contributed by atoms with Crippen LogP contribution in [0.1, 0.15) is 106 Å². The molecule has 0 saturated heterocycles. The van der Waals surface area contributed by atoms with Crippen LogP contribution < -0.4 is 5.73 Å². The number of hydrogen-bond acceptors (Lipinski definition) is 1. The van der Waals surface area contributed by atoms with Crippen molar-refractivity contribution in [2.45, 2.75) is 111 Å².